The van der Waals surface area contributed by atoms with E-state index in [1.54, 1.807) is 0 Å². The van der Waals surface area contributed by atoms with Crippen molar-refractivity contribution in [1.29, 1.82) is 0 Å². The highest BCUT2D eigenvalue weighted by Gasteiger charge is 2.14. The fraction of sp³-hybridized carbons (Fsp3) is 0.727. The Hall–Kier alpha value is -2.00. The summed E-state index contributed by atoms with van der Waals surface area (Å²) in [5, 5.41) is 0. The van der Waals surface area contributed by atoms with Crippen LogP contribution < -0.4 is 0 Å². The van der Waals surface area contributed by atoms with Gasteiger partial charge in [0.05, 0.1) is 144 Å². The van der Waals surface area contributed by atoms with Crippen LogP contribution in [0.1, 0.15) is 77.6 Å². The average Bonchev–Trinajstić information content (AvgIpc) is 3.14. The van der Waals surface area contributed by atoms with Gasteiger partial charge in [-0.3, -0.25) is 0 Å². The zero-order valence-corrected chi connectivity index (χ0v) is 35.4. The minimum absolute atomic E-state index is 0.0358. The third-order valence-electron chi connectivity index (χ3n) is 8.37. The van der Waals surface area contributed by atoms with E-state index < -0.39 is 0 Å². The molecule has 2 aromatic carbocycles. The van der Waals surface area contributed by atoms with Crippen LogP contribution in [0.3, 0.4) is 0 Å². The van der Waals surface area contributed by atoms with Gasteiger partial charge in [-0.15, -0.1) is 0 Å². The summed E-state index contributed by atoms with van der Waals surface area (Å²) in [4.78, 5) is 0. The van der Waals surface area contributed by atoms with E-state index >= 15 is 0 Å². The van der Waals surface area contributed by atoms with Crippen LogP contribution in [0.4, 0.5) is 0 Å². The maximum absolute atomic E-state index is 5.76. The van der Waals surface area contributed by atoms with E-state index in [1.165, 1.54) is 22.3 Å². The van der Waals surface area contributed by atoms with Gasteiger partial charge in [-0.05, 0) is 46.9 Å². The molecule has 0 bridgehead atoms. The molecule has 0 aromatic heterocycles. The molecule has 2 unspecified atom stereocenters. The Labute approximate surface area is 332 Å². The Morgan fingerprint density at radius 2 is 0.600 bits per heavy atom. The standard InChI is InChI=1S/C44H74O11/c1-37(54-31-29-49-23-21-45-17-19-47-25-27-51-35-39-9-13-41(14-10-39)43(3,4)5)33-53-34-38(2)55-32-30-50-24-22-46-18-20-48-26-28-52-36-40-11-15-42(16-12-40)44(6,7)8/h9-16,37-38H,17-36H2,1-8H3. The predicted octanol–water partition coefficient (Wildman–Crippen LogP) is 6.94. The average molecular weight is 779 g/mol. The van der Waals surface area contributed by atoms with E-state index in [9.17, 15) is 0 Å². The lowest BCUT2D eigenvalue weighted by molar-refractivity contribution is -0.0677. The van der Waals surface area contributed by atoms with Gasteiger partial charge in [0.15, 0.2) is 0 Å². The Balaban J connectivity index is 1.24. The molecule has 316 valence electrons. The Bertz CT molecular complexity index is 1070. The molecule has 0 heterocycles. The van der Waals surface area contributed by atoms with Gasteiger partial charge in [0.25, 0.3) is 0 Å². The third kappa shape index (κ3) is 26.5. The van der Waals surface area contributed by atoms with Gasteiger partial charge < -0.3 is 52.1 Å². The van der Waals surface area contributed by atoms with Crippen LogP contribution in [0.2, 0.25) is 0 Å². The Kier molecular flexibility index (Phi) is 26.9. The lowest BCUT2D eigenvalue weighted by Crippen LogP contribution is -2.24. The van der Waals surface area contributed by atoms with Crippen LogP contribution in [0.5, 0.6) is 0 Å². The van der Waals surface area contributed by atoms with Gasteiger partial charge in [0, 0.05) is 0 Å². The molecule has 0 saturated carbocycles. The summed E-state index contributed by atoms with van der Waals surface area (Å²) in [6.45, 7) is 27.8. The Morgan fingerprint density at radius 3 is 0.873 bits per heavy atom. The number of ether oxygens (including phenoxy) is 11. The van der Waals surface area contributed by atoms with Gasteiger partial charge in [-0.2, -0.15) is 0 Å². The molecule has 2 rings (SSSR count). The molecule has 0 radical (unpaired) electrons. The van der Waals surface area contributed by atoms with Gasteiger partial charge in [0.2, 0.25) is 0 Å². The molecule has 0 amide bonds. The van der Waals surface area contributed by atoms with Crippen molar-refractivity contribution in [3.63, 3.8) is 0 Å². The van der Waals surface area contributed by atoms with E-state index in [1.807, 2.05) is 13.8 Å². The minimum atomic E-state index is -0.0358. The summed E-state index contributed by atoms with van der Waals surface area (Å²) in [5.74, 6) is 0. The summed E-state index contributed by atoms with van der Waals surface area (Å²) in [7, 11) is 0. The lowest BCUT2D eigenvalue weighted by atomic mass is 9.87. The highest BCUT2D eigenvalue weighted by molar-refractivity contribution is 5.28. The van der Waals surface area contributed by atoms with E-state index in [-0.39, 0.29) is 23.0 Å². The van der Waals surface area contributed by atoms with Crippen molar-refractivity contribution < 1.29 is 52.1 Å². The van der Waals surface area contributed by atoms with Crippen molar-refractivity contribution in [3.8, 4) is 0 Å². The summed E-state index contributed by atoms with van der Waals surface area (Å²) >= 11 is 0. The third-order valence-corrected chi connectivity index (χ3v) is 8.37. The second-order valence-electron chi connectivity index (χ2n) is 15.6. The summed E-state index contributed by atoms with van der Waals surface area (Å²) in [6, 6.07) is 17.2. The molecule has 55 heavy (non-hydrogen) atoms. The maximum atomic E-state index is 5.76. The second-order valence-corrected chi connectivity index (χ2v) is 15.6. The first-order chi connectivity index (χ1) is 26.4. The highest BCUT2D eigenvalue weighted by atomic mass is 16.6. The number of hydrogen-bond acceptors (Lipinski definition) is 11. The van der Waals surface area contributed by atoms with Crippen LogP contribution in [-0.2, 0) is 76.1 Å². The maximum Gasteiger partial charge on any atom is 0.0781 e. The molecule has 0 fully saturated rings. The van der Waals surface area contributed by atoms with Crippen LogP contribution in [0, 0.1) is 0 Å². The SMILES string of the molecule is CC(COCC(C)OCCOCCOCCOCCOCc1ccc(C(C)(C)C)cc1)OCCOCCOCCOCCOCc1ccc(C(C)(C)C)cc1. The monoisotopic (exact) mass is 779 g/mol. The van der Waals surface area contributed by atoms with Crippen LogP contribution in [0.15, 0.2) is 48.5 Å². The molecule has 0 aliphatic heterocycles. The fourth-order valence-corrected chi connectivity index (χ4v) is 5.01. The van der Waals surface area contributed by atoms with Gasteiger partial charge in [-0.1, -0.05) is 90.1 Å². The van der Waals surface area contributed by atoms with Crippen molar-refractivity contribution in [3.05, 3.63) is 70.8 Å². The first kappa shape index (κ1) is 49.1. The predicted molar refractivity (Wildman–Crippen MR) is 216 cm³/mol. The molecular weight excluding hydrogens is 704 g/mol. The zero-order valence-electron chi connectivity index (χ0n) is 35.4. The van der Waals surface area contributed by atoms with E-state index in [0.29, 0.717) is 132 Å². The quantitative estimate of drug-likeness (QED) is 0.0691. The number of benzene rings is 2. The molecular formula is C44H74O11. The topological polar surface area (TPSA) is 102 Å². The summed E-state index contributed by atoms with van der Waals surface area (Å²) in [5.41, 5.74) is 5.31. The van der Waals surface area contributed by atoms with Gasteiger partial charge in [-0.25, -0.2) is 0 Å². The summed E-state index contributed by atoms with van der Waals surface area (Å²) < 4.78 is 62.1. The molecule has 0 N–H and O–H groups in total. The minimum Gasteiger partial charge on any atom is -0.377 e. The van der Waals surface area contributed by atoms with E-state index in [4.69, 9.17) is 52.1 Å². The highest BCUT2D eigenvalue weighted by Crippen LogP contribution is 2.23. The molecule has 0 aliphatic rings. The number of hydrogen-bond donors (Lipinski definition) is 0. The zero-order chi connectivity index (χ0) is 40.0. The first-order valence-corrected chi connectivity index (χ1v) is 20.1. The van der Waals surface area contributed by atoms with Crippen molar-refractivity contribution >= 4 is 0 Å². The lowest BCUT2D eigenvalue weighted by Gasteiger charge is -2.19. The van der Waals surface area contributed by atoms with Crippen LogP contribution >= 0.6 is 0 Å². The Morgan fingerprint density at radius 1 is 0.345 bits per heavy atom. The van der Waals surface area contributed by atoms with Crippen molar-refractivity contribution in [2.45, 2.75) is 91.6 Å². The molecule has 2 atom stereocenters. The molecule has 0 aliphatic carbocycles. The van der Waals surface area contributed by atoms with Gasteiger partial charge >= 0.3 is 0 Å². The molecule has 2 aromatic rings. The normalized spacial score (nSPS) is 13.4. The first-order valence-electron chi connectivity index (χ1n) is 20.1. The molecule has 11 nitrogen and oxygen atoms in total. The fourth-order valence-electron chi connectivity index (χ4n) is 5.01. The summed E-state index contributed by atoms with van der Waals surface area (Å²) in [6.07, 6.45) is -0.0717. The van der Waals surface area contributed by atoms with E-state index in [2.05, 4.69) is 90.1 Å². The molecule has 11 heteroatoms. The van der Waals surface area contributed by atoms with Crippen molar-refractivity contribution in [2.75, 3.05) is 119 Å². The van der Waals surface area contributed by atoms with Crippen LogP contribution in [-0.4, -0.2) is 131 Å². The van der Waals surface area contributed by atoms with E-state index in [0.717, 1.165) is 0 Å². The smallest absolute Gasteiger partial charge is 0.0781 e. The van der Waals surface area contributed by atoms with Crippen molar-refractivity contribution in [2.24, 2.45) is 0 Å². The number of rotatable bonds is 34. The largest absolute Gasteiger partial charge is 0.377 e. The van der Waals surface area contributed by atoms with Gasteiger partial charge in [0.1, 0.15) is 0 Å². The second kappa shape index (κ2) is 30.1. The molecule has 0 spiro atoms. The molecule has 0 saturated heterocycles. The van der Waals surface area contributed by atoms with Crippen molar-refractivity contribution in [1.82, 2.24) is 0 Å². The van der Waals surface area contributed by atoms with Crippen LogP contribution in [0.25, 0.3) is 0 Å².